The van der Waals surface area contributed by atoms with Crippen LogP contribution in [0.25, 0.3) is 0 Å². The molecule has 0 atom stereocenters. The maximum absolute atomic E-state index is 12.6. The van der Waals surface area contributed by atoms with Gasteiger partial charge in [0.05, 0.1) is 23.0 Å². The molecule has 0 bridgehead atoms. The molecule has 9 heteroatoms. The smallest absolute Gasteiger partial charge is 0.261 e. The largest absolute Gasteiger partial charge is 0.379 e. The molecule has 0 aliphatic carbocycles. The highest BCUT2D eigenvalue weighted by atomic mass is 32.2. The van der Waals surface area contributed by atoms with Crippen molar-refractivity contribution in [1.82, 2.24) is 4.31 Å². The molecule has 7 nitrogen and oxygen atoms in total. The van der Waals surface area contributed by atoms with Crippen molar-refractivity contribution in [3.05, 3.63) is 54.1 Å². The first-order chi connectivity index (χ1) is 13.8. The van der Waals surface area contributed by atoms with Crippen LogP contribution in [0.15, 0.2) is 58.3 Å². The Bertz CT molecular complexity index is 1010. The van der Waals surface area contributed by atoms with Gasteiger partial charge in [0.25, 0.3) is 10.0 Å². The number of aryl methyl sites for hydroxylation is 1. The number of unbranched alkanes of at least 4 members (excludes halogenated alkanes) is 1. The summed E-state index contributed by atoms with van der Waals surface area (Å²) in [5.74, 6) is 0. The van der Waals surface area contributed by atoms with Crippen molar-refractivity contribution >= 4 is 25.7 Å². The Morgan fingerprint density at radius 3 is 2.07 bits per heavy atom. The van der Waals surface area contributed by atoms with E-state index < -0.39 is 20.0 Å². The van der Waals surface area contributed by atoms with E-state index in [9.17, 15) is 16.8 Å². The van der Waals surface area contributed by atoms with Gasteiger partial charge >= 0.3 is 0 Å². The maximum Gasteiger partial charge on any atom is 0.261 e. The van der Waals surface area contributed by atoms with Gasteiger partial charge in [-0.25, -0.2) is 16.8 Å². The number of hydrogen-bond acceptors (Lipinski definition) is 5. The average Bonchev–Trinajstić information content (AvgIpc) is 2.73. The summed E-state index contributed by atoms with van der Waals surface area (Å²) in [7, 11) is -7.36. The number of ether oxygens (including phenoxy) is 1. The molecule has 3 rings (SSSR count). The van der Waals surface area contributed by atoms with E-state index in [2.05, 4.69) is 11.6 Å². The van der Waals surface area contributed by atoms with Gasteiger partial charge in [0.2, 0.25) is 10.0 Å². The zero-order chi connectivity index (χ0) is 20.9. The first kappa shape index (κ1) is 21.8. The molecule has 0 radical (unpaired) electrons. The predicted octanol–water partition coefficient (Wildman–Crippen LogP) is 2.85. The van der Waals surface area contributed by atoms with Crippen molar-refractivity contribution in [3.63, 3.8) is 0 Å². The van der Waals surface area contributed by atoms with E-state index in [0.29, 0.717) is 32.0 Å². The molecular formula is C20H26N2O5S2. The molecule has 1 heterocycles. The Hall–Kier alpha value is -1.94. The first-order valence-corrected chi connectivity index (χ1v) is 12.5. The molecule has 158 valence electrons. The Balaban J connectivity index is 1.71. The van der Waals surface area contributed by atoms with Crippen LogP contribution in [-0.2, 0) is 31.2 Å². The SMILES string of the molecule is CCCCc1ccc(S(=O)(=O)Nc2ccc(S(=O)(=O)N3CCOCC3)cc2)cc1. The fraction of sp³-hybridized carbons (Fsp3) is 0.400. The van der Waals surface area contributed by atoms with Crippen molar-refractivity contribution in [2.24, 2.45) is 0 Å². The lowest BCUT2D eigenvalue weighted by Gasteiger charge is -2.26. The summed E-state index contributed by atoms with van der Waals surface area (Å²) < 4.78 is 59.6. The van der Waals surface area contributed by atoms with Crippen LogP contribution in [0.3, 0.4) is 0 Å². The third kappa shape index (κ3) is 5.36. The second kappa shape index (κ2) is 9.25. The number of anilines is 1. The van der Waals surface area contributed by atoms with Gasteiger partial charge in [0.1, 0.15) is 0 Å². The Morgan fingerprint density at radius 2 is 1.48 bits per heavy atom. The van der Waals surface area contributed by atoms with E-state index in [1.807, 2.05) is 12.1 Å². The van der Waals surface area contributed by atoms with Crippen molar-refractivity contribution in [1.29, 1.82) is 0 Å². The molecule has 29 heavy (non-hydrogen) atoms. The summed E-state index contributed by atoms with van der Waals surface area (Å²) in [4.78, 5) is 0.297. The highest BCUT2D eigenvalue weighted by Gasteiger charge is 2.26. The summed E-state index contributed by atoms with van der Waals surface area (Å²) in [6, 6.07) is 12.6. The molecule has 0 saturated carbocycles. The first-order valence-electron chi connectivity index (χ1n) is 9.62. The Kier molecular flexibility index (Phi) is 6.94. The molecule has 1 fully saturated rings. The fourth-order valence-electron chi connectivity index (χ4n) is 3.06. The average molecular weight is 439 g/mol. The van der Waals surface area contributed by atoms with Crippen LogP contribution in [0.4, 0.5) is 5.69 Å². The molecule has 0 aromatic heterocycles. The molecule has 0 spiro atoms. The molecule has 0 unspecified atom stereocenters. The molecule has 0 amide bonds. The van der Waals surface area contributed by atoms with E-state index in [1.54, 1.807) is 12.1 Å². The molecule has 2 aromatic rings. The minimum Gasteiger partial charge on any atom is -0.379 e. The van der Waals surface area contributed by atoms with Gasteiger partial charge in [-0.15, -0.1) is 0 Å². The van der Waals surface area contributed by atoms with Crippen LogP contribution in [0, 0.1) is 0 Å². The summed E-state index contributed by atoms with van der Waals surface area (Å²) in [6.45, 7) is 3.47. The van der Waals surface area contributed by atoms with Crippen LogP contribution in [0.2, 0.25) is 0 Å². The van der Waals surface area contributed by atoms with Crippen molar-refractivity contribution < 1.29 is 21.6 Å². The maximum atomic E-state index is 12.6. The number of nitrogens with one attached hydrogen (secondary N) is 1. The lowest BCUT2D eigenvalue weighted by molar-refractivity contribution is 0.0730. The minimum absolute atomic E-state index is 0.127. The molecule has 1 aliphatic rings. The number of sulfonamides is 2. The highest BCUT2D eigenvalue weighted by Crippen LogP contribution is 2.22. The molecule has 2 aromatic carbocycles. The van der Waals surface area contributed by atoms with Gasteiger partial charge in [0, 0.05) is 18.8 Å². The van der Waals surface area contributed by atoms with Gasteiger partial charge in [-0.1, -0.05) is 25.5 Å². The zero-order valence-electron chi connectivity index (χ0n) is 16.4. The number of rotatable bonds is 8. The van der Waals surface area contributed by atoms with Crippen LogP contribution in [-0.4, -0.2) is 47.4 Å². The van der Waals surface area contributed by atoms with Crippen LogP contribution >= 0.6 is 0 Å². The highest BCUT2D eigenvalue weighted by molar-refractivity contribution is 7.92. The Morgan fingerprint density at radius 1 is 0.897 bits per heavy atom. The van der Waals surface area contributed by atoms with Gasteiger partial charge in [-0.05, 0) is 54.8 Å². The van der Waals surface area contributed by atoms with Crippen LogP contribution < -0.4 is 4.72 Å². The van der Waals surface area contributed by atoms with Crippen molar-refractivity contribution in [2.45, 2.75) is 36.0 Å². The molecule has 1 aliphatic heterocycles. The standard InChI is InChI=1S/C20H26N2O5S2/c1-2-3-4-17-5-9-19(10-6-17)28(23,24)21-18-7-11-20(12-8-18)29(25,26)22-13-15-27-16-14-22/h5-12,21H,2-4,13-16H2,1H3. The van der Waals surface area contributed by atoms with Crippen molar-refractivity contribution in [3.8, 4) is 0 Å². The number of morpholine rings is 1. The summed E-state index contributed by atoms with van der Waals surface area (Å²) in [5.41, 5.74) is 1.41. The predicted molar refractivity (Wildman–Crippen MR) is 112 cm³/mol. The molecule has 1 N–H and O–H groups in total. The molecule has 1 saturated heterocycles. The molecular weight excluding hydrogens is 412 g/mol. The minimum atomic E-state index is -3.75. The monoisotopic (exact) mass is 438 g/mol. The lowest BCUT2D eigenvalue weighted by atomic mass is 10.1. The quantitative estimate of drug-likeness (QED) is 0.684. The van der Waals surface area contributed by atoms with Crippen LogP contribution in [0.5, 0.6) is 0 Å². The zero-order valence-corrected chi connectivity index (χ0v) is 18.0. The summed E-state index contributed by atoms with van der Waals surface area (Å²) in [6.07, 6.45) is 3.06. The van der Waals surface area contributed by atoms with Gasteiger partial charge in [-0.2, -0.15) is 4.31 Å². The summed E-state index contributed by atoms with van der Waals surface area (Å²) >= 11 is 0. The second-order valence-electron chi connectivity index (χ2n) is 6.89. The lowest BCUT2D eigenvalue weighted by Crippen LogP contribution is -2.40. The van der Waals surface area contributed by atoms with E-state index in [1.165, 1.54) is 28.6 Å². The van der Waals surface area contributed by atoms with E-state index in [4.69, 9.17) is 4.74 Å². The number of hydrogen-bond donors (Lipinski definition) is 1. The van der Waals surface area contributed by atoms with E-state index >= 15 is 0 Å². The number of nitrogens with zero attached hydrogens (tertiary/aromatic N) is 1. The van der Waals surface area contributed by atoms with E-state index in [0.717, 1.165) is 24.8 Å². The van der Waals surface area contributed by atoms with Gasteiger partial charge < -0.3 is 4.74 Å². The topological polar surface area (TPSA) is 92.8 Å². The van der Waals surface area contributed by atoms with Crippen LogP contribution in [0.1, 0.15) is 25.3 Å². The van der Waals surface area contributed by atoms with Gasteiger partial charge in [-0.3, -0.25) is 4.72 Å². The third-order valence-electron chi connectivity index (χ3n) is 4.77. The second-order valence-corrected chi connectivity index (χ2v) is 10.5. The summed E-state index contributed by atoms with van der Waals surface area (Å²) in [5, 5.41) is 0. The fourth-order valence-corrected chi connectivity index (χ4v) is 5.53. The number of benzene rings is 2. The normalized spacial score (nSPS) is 15.9. The van der Waals surface area contributed by atoms with Gasteiger partial charge in [0.15, 0.2) is 0 Å². The Labute approximate surface area is 172 Å². The van der Waals surface area contributed by atoms with E-state index in [-0.39, 0.29) is 9.79 Å². The third-order valence-corrected chi connectivity index (χ3v) is 8.08. The van der Waals surface area contributed by atoms with Crippen molar-refractivity contribution in [2.75, 3.05) is 31.0 Å².